The molecule has 5 nitrogen and oxygen atoms in total. The van der Waals surface area contributed by atoms with Crippen LogP contribution in [0.1, 0.15) is 0 Å². The van der Waals surface area contributed by atoms with Crippen molar-refractivity contribution >= 4 is 11.6 Å². The third-order valence-corrected chi connectivity index (χ3v) is 3.20. The van der Waals surface area contributed by atoms with E-state index < -0.39 is 47.3 Å². The molecule has 1 amide bonds. The predicted molar refractivity (Wildman–Crippen MR) is 79.9 cm³/mol. The molecule has 2 aromatic carbocycles. The summed E-state index contributed by atoms with van der Waals surface area (Å²) in [5.74, 6) is -12.8. The van der Waals surface area contributed by atoms with Crippen molar-refractivity contribution in [2.45, 2.75) is 0 Å². The lowest BCUT2D eigenvalue weighted by Crippen LogP contribution is -2.22. The minimum Gasteiger partial charge on any atom is -0.497 e. The van der Waals surface area contributed by atoms with Gasteiger partial charge in [-0.1, -0.05) is 0 Å². The van der Waals surface area contributed by atoms with Crippen LogP contribution in [0.3, 0.4) is 0 Å². The van der Waals surface area contributed by atoms with E-state index in [2.05, 4.69) is 10.1 Å². The Kier molecular flexibility index (Phi) is 5.86. The Hall–Kier alpha value is -3.04. The highest BCUT2D eigenvalue weighted by Gasteiger charge is 2.27. The van der Waals surface area contributed by atoms with Gasteiger partial charge in [0.25, 0.3) is 5.91 Å². The molecule has 0 aromatic heterocycles. The number of ether oxygens (including phenoxy) is 3. The third-order valence-electron chi connectivity index (χ3n) is 3.20. The van der Waals surface area contributed by atoms with E-state index in [1.165, 1.54) is 32.4 Å². The lowest BCUT2D eigenvalue weighted by atomic mass is 10.2. The average molecular weight is 377 g/mol. The summed E-state index contributed by atoms with van der Waals surface area (Å²) in [6, 6.07) is 4.39. The second-order valence-electron chi connectivity index (χ2n) is 4.80. The van der Waals surface area contributed by atoms with Gasteiger partial charge in [-0.2, -0.15) is 8.78 Å². The van der Waals surface area contributed by atoms with Gasteiger partial charge in [0.2, 0.25) is 29.1 Å². The summed E-state index contributed by atoms with van der Waals surface area (Å²) in [5.41, 5.74) is 0.180. The molecule has 2 aromatic rings. The van der Waals surface area contributed by atoms with Crippen molar-refractivity contribution in [3.63, 3.8) is 0 Å². The van der Waals surface area contributed by atoms with Crippen LogP contribution in [-0.2, 0) is 4.79 Å². The zero-order valence-electron chi connectivity index (χ0n) is 13.5. The van der Waals surface area contributed by atoms with Gasteiger partial charge < -0.3 is 19.5 Å². The molecule has 0 saturated heterocycles. The monoisotopic (exact) mass is 377 g/mol. The summed E-state index contributed by atoms with van der Waals surface area (Å²) in [7, 11) is 2.75. The zero-order chi connectivity index (χ0) is 19.4. The molecule has 0 aliphatic rings. The highest BCUT2D eigenvalue weighted by molar-refractivity contribution is 5.93. The number of carbonyl (C=O) groups excluding carboxylic acids is 1. The van der Waals surface area contributed by atoms with Gasteiger partial charge in [0.15, 0.2) is 12.4 Å². The van der Waals surface area contributed by atoms with E-state index in [-0.39, 0.29) is 11.4 Å². The summed E-state index contributed by atoms with van der Waals surface area (Å²) in [5, 5.41) is 2.31. The fourth-order valence-electron chi connectivity index (χ4n) is 1.94. The third kappa shape index (κ3) is 3.79. The lowest BCUT2D eigenvalue weighted by molar-refractivity contribution is -0.118. The number of hydrogen-bond donors (Lipinski definition) is 1. The first-order valence-electron chi connectivity index (χ1n) is 6.96. The SMILES string of the molecule is COc1ccc(NC(=O)COc2c(F)c(F)c(F)c(F)c2F)c(OC)c1. The molecule has 0 bridgehead atoms. The van der Waals surface area contributed by atoms with Crippen LogP contribution in [0.15, 0.2) is 18.2 Å². The molecular formula is C16H12F5NO4. The summed E-state index contributed by atoms with van der Waals surface area (Å²) < 4.78 is 80.5. The van der Waals surface area contributed by atoms with Crippen LogP contribution < -0.4 is 19.5 Å². The maximum atomic E-state index is 13.5. The van der Waals surface area contributed by atoms with Gasteiger partial charge in [-0.3, -0.25) is 4.79 Å². The van der Waals surface area contributed by atoms with Crippen LogP contribution in [0.25, 0.3) is 0 Å². The first-order chi connectivity index (χ1) is 12.3. The molecule has 10 heteroatoms. The van der Waals surface area contributed by atoms with Crippen molar-refractivity contribution in [3.05, 3.63) is 47.3 Å². The second-order valence-corrected chi connectivity index (χ2v) is 4.80. The normalized spacial score (nSPS) is 10.4. The van der Waals surface area contributed by atoms with Gasteiger partial charge in [-0.25, -0.2) is 13.2 Å². The first kappa shape index (κ1) is 19.3. The topological polar surface area (TPSA) is 56.8 Å². The van der Waals surface area contributed by atoms with E-state index in [1.807, 2.05) is 0 Å². The Balaban J connectivity index is 2.13. The number of nitrogens with one attached hydrogen (secondary N) is 1. The van der Waals surface area contributed by atoms with Gasteiger partial charge in [-0.05, 0) is 12.1 Å². The average Bonchev–Trinajstić information content (AvgIpc) is 2.65. The van der Waals surface area contributed by atoms with E-state index in [1.54, 1.807) is 0 Å². The minimum absolute atomic E-state index is 0.180. The highest BCUT2D eigenvalue weighted by atomic mass is 19.2. The number of methoxy groups -OCH3 is 2. The maximum absolute atomic E-state index is 13.5. The number of halogens is 5. The van der Waals surface area contributed by atoms with Crippen molar-refractivity contribution in [1.82, 2.24) is 0 Å². The number of anilines is 1. The van der Waals surface area contributed by atoms with Crippen molar-refractivity contribution in [2.24, 2.45) is 0 Å². The number of rotatable bonds is 6. The minimum atomic E-state index is -2.32. The zero-order valence-corrected chi connectivity index (χ0v) is 13.5. The van der Waals surface area contributed by atoms with Crippen molar-refractivity contribution in [1.29, 1.82) is 0 Å². The summed E-state index contributed by atoms with van der Waals surface area (Å²) in [6.07, 6.45) is 0. The van der Waals surface area contributed by atoms with E-state index in [9.17, 15) is 26.7 Å². The van der Waals surface area contributed by atoms with E-state index in [0.29, 0.717) is 5.75 Å². The fraction of sp³-hybridized carbons (Fsp3) is 0.188. The maximum Gasteiger partial charge on any atom is 0.262 e. The fourth-order valence-corrected chi connectivity index (χ4v) is 1.94. The molecule has 0 atom stereocenters. The number of carbonyl (C=O) groups is 1. The van der Waals surface area contributed by atoms with Crippen molar-refractivity contribution < 1.29 is 41.0 Å². The molecule has 140 valence electrons. The summed E-state index contributed by atoms with van der Waals surface area (Å²) in [6.45, 7) is -1.01. The summed E-state index contributed by atoms with van der Waals surface area (Å²) >= 11 is 0. The second kappa shape index (κ2) is 7.89. The van der Waals surface area contributed by atoms with Crippen LogP contribution in [0.2, 0.25) is 0 Å². The number of hydrogen-bond acceptors (Lipinski definition) is 4. The van der Waals surface area contributed by atoms with Crippen LogP contribution in [0.4, 0.5) is 27.6 Å². The predicted octanol–water partition coefficient (Wildman–Crippen LogP) is 3.42. The van der Waals surface area contributed by atoms with E-state index in [0.717, 1.165) is 0 Å². The molecule has 0 radical (unpaired) electrons. The Labute approximate surface area is 144 Å². The molecule has 1 N–H and O–H groups in total. The molecule has 0 heterocycles. The Bertz CT molecular complexity index is 815. The smallest absolute Gasteiger partial charge is 0.262 e. The Morgan fingerprint density at radius 2 is 1.50 bits per heavy atom. The standard InChI is InChI=1S/C16H12F5NO4/c1-24-7-3-4-8(9(5-7)25-2)22-10(23)6-26-16-14(20)12(18)11(17)13(19)15(16)21/h3-5H,6H2,1-2H3,(H,22,23). The van der Waals surface area contributed by atoms with Crippen molar-refractivity contribution in [2.75, 3.05) is 26.1 Å². The molecule has 0 saturated carbocycles. The molecule has 0 aliphatic carbocycles. The van der Waals surface area contributed by atoms with Gasteiger partial charge in [0.1, 0.15) is 11.5 Å². The molecule has 26 heavy (non-hydrogen) atoms. The Morgan fingerprint density at radius 1 is 0.923 bits per heavy atom. The number of amides is 1. The first-order valence-corrected chi connectivity index (χ1v) is 6.96. The molecule has 0 spiro atoms. The van der Waals surface area contributed by atoms with Gasteiger partial charge in [0, 0.05) is 6.07 Å². The summed E-state index contributed by atoms with van der Waals surface area (Å²) in [4.78, 5) is 11.8. The van der Waals surface area contributed by atoms with Crippen molar-refractivity contribution in [3.8, 4) is 17.2 Å². The van der Waals surface area contributed by atoms with E-state index in [4.69, 9.17) is 9.47 Å². The van der Waals surface area contributed by atoms with Crippen LogP contribution >= 0.6 is 0 Å². The molecule has 0 aliphatic heterocycles. The Morgan fingerprint density at radius 3 is 2.04 bits per heavy atom. The van der Waals surface area contributed by atoms with E-state index >= 15 is 0 Å². The van der Waals surface area contributed by atoms with Crippen LogP contribution in [0.5, 0.6) is 17.2 Å². The number of benzene rings is 2. The van der Waals surface area contributed by atoms with Crippen LogP contribution in [0, 0.1) is 29.1 Å². The largest absolute Gasteiger partial charge is 0.497 e. The lowest BCUT2D eigenvalue weighted by Gasteiger charge is -2.13. The highest BCUT2D eigenvalue weighted by Crippen LogP contribution is 2.30. The van der Waals surface area contributed by atoms with Crippen LogP contribution in [-0.4, -0.2) is 26.7 Å². The van der Waals surface area contributed by atoms with Gasteiger partial charge >= 0.3 is 0 Å². The quantitative estimate of drug-likeness (QED) is 0.476. The van der Waals surface area contributed by atoms with Gasteiger partial charge in [0.05, 0.1) is 19.9 Å². The molecule has 2 rings (SSSR count). The molecular weight excluding hydrogens is 365 g/mol. The van der Waals surface area contributed by atoms with Gasteiger partial charge in [-0.15, -0.1) is 0 Å². The molecule has 0 unspecified atom stereocenters. The molecule has 0 fully saturated rings.